The van der Waals surface area contributed by atoms with E-state index in [1.165, 1.54) is 5.56 Å². The zero-order chi connectivity index (χ0) is 24.2. The standard InChI is InChI=1S/C25H32ClN3O4/c1-7-8-13-31-24(30)33-15-32-23(22-21(26)16(2)28-29(22)6)20(19-14-27-19)17-9-11-18(12-10-17)25(3,4)5/h9-12,14,19H,7-8,13,15H2,1-6H3/b23-20+. The number of aliphatic imine (C=N–C) groups is 1. The number of halogens is 1. The third kappa shape index (κ3) is 6.16. The number of benzene rings is 1. The number of carbonyl (C=O) groups excluding carboxylic acids is 1. The van der Waals surface area contributed by atoms with Crippen molar-refractivity contribution in [1.29, 1.82) is 0 Å². The highest BCUT2D eigenvalue weighted by Gasteiger charge is 2.30. The summed E-state index contributed by atoms with van der Waals surface area (Å²) in [7, 11) is 1.80. The number of unbranched alkanes of at least 4 members (excludes halogenated alkanes) is 1. The topological polar surface area (TPSA) is 74.9 Å². The van der Waals surface area contributed by atoms with Crippen molar-refractivity contribution in [1.82, 2.24) is 9.78 Å². The molecule has 0 aliphatic carbocycles. The van der Waals surface area contributed by atoms with Crippen LogP contribution in [0.3, 0.4) is 0 Å². The molecular weight excluding hydrogens is 442 g/mol. The minimum absolute atomic E-state index is 0.0340. The lowest BCUT2D eigenvalue weighted by Crippen LogP contribution is -2.14. The van der Waals surface area contributed by atoms with Crippen molar-refractivity contribution in [2.45, 2.75) is 58.9 Å². The molecule has 1 atom stereocenters. The van der Waals surface area contributed by atoms with Gasteiger partial charge in [0.2, 0.25) is 6.79 Å². The number of hydrogen-bond donors (Lipinski definition) is 0. The van der Waals surface area contributed by atoms with Gasteiger partial charge in [0, 0.05) is 18.8 Å². The lowest BCUT2D eigenvalue weighted by molar-refractivity contribution is -0.00607. The number of rotatable bonds is 9. The highest BCUT2D eigenvalue weighted by atomic mass is 35.5. The molecule has 0 saturated carbocycles. The lowest BCUT2D eigenvalue weighted by atomic mass is 9.86. The summed E-state index contributed by atoms with van der Waals surface area (Å²) in [6.45, 7) is 10.4. The average Bonchev–Trinajstić information content (AvgIpc) is 3.54. The van der Waals surface area contributed by atoms with Crippen LogP contribution in [-0.2, 0) is 26.7 Å². The van der Waals surface area contributed by atoms with Gasteiger partial charge in [-0.05, 0) is 29.9 Å². The molecule has 3 rings (SSSR count). The van der Waals surface area contributed by atoms with E-state index in [-0.39, 0.29) is 18.2 Å². The molecule has 0 saturated heterocycles. The predicted octanol–water partition coefficient (Wildman–Crippen LogP) is 5.93. The van der Waals surface area contributed by atoms with E-state index in [0.717, 1.165) is 24.0 Å². The molecule has 0 bridgehead atoms. The van der Waals surface area contributed by atoms with E-state index in [4.69, 9.17) is 25.8 Å². The van der Waals surface area contributed by atoms with Crippen molar-refractivity contribution in [2.24, 2.45) is 12.0 Å². The van der Waals surface area contributed by atoms with E-state index >= 15 is 0 Å². The molecule has 1 unspecified atom stereocenters. The molecule has 0 radical (unpaired) electrons. The van der Waals surface area contributed by atoms with E-state index in [1.54, 1.807) is 11.7 Å². The number of nitrogens with zero attached hydrogens (tertiary/aromatic N) is 3. The second-order valence-electron chi connectivity index (χ2n) is 9.04. The zero-order valence-corrected chi connectivity index (χ0v) is 20.9. The van der Waals surface area contributed by atoms with Crippen LogP contribution in [0.1, 0.15) is 63.1 Å². The Morgan fingerprint density at radius 1 is 1.15 bits per heavy atom. The van der Waals surface area contributed by atoms with Gasteiger partial charge in [0.1, 0.15) is 11.7 Å². The fraction of sp³-hybridized carbons (Fsp3) is 0.480. The smallest absolute Gasteiger partial charge is 0.454 e. The first-order chi connectivity index (χ1) is 15.6. The Kier molecular flexibility index (Phi) is 7.84. The maximum atomic E-state index is 11.9. The van der Waals surface area contributed by atoms with Gasteiger partial charge in [-0.2, -0.15) is 5.10 Å². The molecule has 7 nitrogen and oxygen atoms in total. The Morgan fingerprint density at radius 3 is 2.33 bits per heavy atom. The van der Waals surface area contributed by atoms with Gasteiger partial charge >= 0.3 is 6.16 Å². The molecule has 2 aromatic rings. The molecule has 8 heteroatoms. The summed E-state index contributed by atoms with van der Waals surface area (Å²) in [5.41, 5.74) is 4.31. The Hall–Kier alpha value is -2.80. The number of carbonyl (C=O) groups is 1. The van der Waals surface area contributed by atoms with Crippen LogP contribution < -0.4 is 0 Å². The van der Waals surface area contributed by atoms with Crippen molar-refractivity contribution in [3.05, 3.63) is 51.8 Å². The number of aromatic nitrogens is 2. The molecular formula is C25H32ClN3O4. The Labute approximate surface area is 200 Å². The molecule has 0 spiro atoms. The van der Waals surface area contributed by atoms with Crippen LogP contribution in [0.25, 0.3) is 11.3 Å². The van der Waals surface area contributed by atoms with Gasteiger partial charge in [-0.1, -0.05) is 70.0 Å². The molecule has 1 aromatic carbocycles. The Morgan fingerprint density at radius 2 is 1.82 bits per heavy atom. The molecule has 1 aromatic heterocycles. The molecule has 0 N–H and O–H groups in total. The Balaban J connectivity index is 1.96. The highest BCUT2D eigenvalue weighted by molar-refractivity contribution is 6.33. The van der Waals surface area contributed by atoms with Gasteiger partial charge in [-0.3, -0.25) is 9.67 Å². The SMILES string of the molecule is CCCCOC(=O)OCO/C(=C(\c1ccc(C(C)(C)C)cc1)C1C=N1)c1c(Cl)c(C)nn1C. The normalized spacial score (nSPS) is 15.8. The molecule has 0 fully saturated rings. The van der Waals surface area contributed by atoms with Crippen LogP contribution in [0.15, 0.2) is 29.3 Å². The van der Waals surface area contributed by atoms with Gasteiger partial charge in [-0.15, -0.1) is 0 Å². The maximum absolute atomic E-state index is 11.9. The monoisotopic (exact) mass is 473 g/mol. The highest BCUT2D eigenvalue weighted by Crippen LogP contribution is 2.38. The first-order valence-corrected chi connectivity index (χ1v) is 11.5. The van der Waals surface area contributed by atoms with Gasteiger partial charge < -0.3 is 14.2 Å². The molecule has 1 aliphatic heterocycles. The minimum Gasteiger partial charge on any atom is -0.454 e. The number of hydrogen-bond acceptors (Lipinski definition) is 6. The van der Waals surface area contributed by atoms with E-state index in [1.807, 2.05) is 20.1 Å². The van der Waals surface area contributed by atoms with Crippen molar-refractivity contribution in [2.75, 3.05) is 13.4 Å². The van der Waals surface area contributed by atoms with Crippen molar-refractivity contribution in [3.8, 4) is 0 Å². The fourth-order valence-corrected chi connectivity index (χ4v) is 3.65. The second kappa shape index (κ2) is 10.4. The summed E-state index contributed by atoms with van der Waals surface area (Å²) < 4.78 is 17.9. The maximum Gasteiger partial charge on any atom is 0.511 e. The predicted molar refractivity (Wildman–Crippen MR) is 130 cm³/mol. The summed E-state index contributed by atoms with van der Waals surface area (Å²) in [5, 5.41) is 4.90. The van der Waals surface area contributed by atoms with Gasteiger partial charge in [0.25, 0.3) is 0 Å². The van der Waals surface area contributed by atoms with Crippen molar-refractivity contribution >= 4 is 35.3 Å². The van der Waals surface area contributed by atoms with Crippen LogP contribution in [0.4, 0.5) is 4.79 Å². The zero-order valence-electron chi connectivity index (χ0n) is 20.1. The van der Waals surface area contributed by atoms with E-state index in [2.05, 4.69) is 55.1 Å². The third-order valence-corrected chi connectivity index (χ3v) is 5.82. The van der Waals surface area contributed by atoms with Gasteiger partial charge in [0.05, 0.1) is 17.3 Å². The third-order valence-electron chi connectivity index (χ3n) is 5.36. The molecule has 2 heterocycles. The largest absolute Gasteiger partial charge is 0.511 e. The molecule has 0 amide bonds. The summed E-state index contributed by atoms with van der Waals surface area (Å²) in [5.74, 6) is 0.468. The van der Waals surface area contributed by atoms with E-state index in [9.17, 15) is 4.79 Å². The minimum atomic E-state index is -0.770. The summed E-state index contributed by atoms with van der Waals surface area (Å²) in [6, 6.07) is 8.17. The number of ether oxygens (including phenoxy) is 3. The first kappa shape index (κ1) is 24.8. The van der Waals surface area contributed by atoms with Gasteiger partial charge in [-0.25, -0.2) is 4.79 Å². The summed E-state index contributed by atoms with van der Waals surface area (Å²) in [4.78, 5) is 16.3. The van der Waals surface area contributed by atoms with Crippen LogP contribution in [-0.4, -0.2) is 41.6 Å². The molecule has 178 valence electrons. The summed E-state index contributed by atoms with van der Waals surface area (Å²) in [6.07, 6.45) is 2.77. The van der Waals surface area contributed by atoms with Gasteiger partial charge in [0.15, 0.2) is 5.76 Å². The molecule has 33 heavy (non-hydrogen) atoms. The first-order valence-electron chi connectivity index (χ1n) is 11.1. The van der Waals surface area contributed by atoms with Crippen LogP contribution in [0.5, 0.6) is 0 Å². The lowest BCUT2D eigenvalue weighted by Gasteiger charge is -2.20. The number of aryl methyl sites for hydroxylation is 2. The quantitative estimate of drug-likeness (QED) is 0.195. The van der Waals surface area contributed by atoms with E-state index < -0.39 is 6.16 Å². The van der Waals surface area contributed by atoms with Crippen LogP contribution >= 0.6 is 11.6 Å². The van der Waals surface area contributed by atoms with E-state index in [0.29, 0.717) is 28.8 Å². The summed E-state index contributed by atoms with van der Waals surface area (Å²) >= 11 is 6.61. The van der Waals surface area contributed by atoms with Crippen molar-refractivity contribution in [3.63, 3.8) is 0 Å². The van der Waals surface area contributed by atoms with Crippen LogP contribution in [0, 0.1) is 6.92 Å². The fourth-order valence-electron chi connectivity index (χ4n) is 3.41. The molecule has 1 aliphatic rings. The van der Waals surface area contributed by atoms with Crippen LogP contribution in [0.2, 0.25) is 5.02 Å². The Bertz CT molecular complexity index is 1040. The van der Waals surface area contributed by atoms with Crippen molar-refractivity contribution < 1.29 is 19.0 Å². The average molecular weight is 474 g/mol. The second-order valence-corrected chi connectivity index (χ2v) is 9.42.